The van der Waals surface area contributed by atoms with Crippen LogP contribution in [0.1, 0.15) is 25.3 Å². The number of benzene rings is 1. The van der Waals surface area contributed by atoms with Gasteiger partial charge in [0.05, 0.1) is 17.7 Å². The van der Waals surface area contributed by atoms with E-state index in [4.69, 9.17) is 11.6 Å². The Hall–Kier alpha value is -3.13. The van der Waals surface area contributed by atoms with Crippen molar-refractivity contribution in [2.45, 2.75) is 26.3 Å². The van der Waals surface area contributed by atoms with Crippen LogP contribution in [0.25, 0.3) is 5.69 Å². The van der Waals surface area contributed by atoms with E-state index >= 15 is 0 Å². The number of H-pyrrole nitrogens is 1. The van der Waals surface area contributed by atoms with Crippen LogP contribution in [0.3, 0.4) is 0 Å². The highest BCUT2D eigenvalue weighted by atomic mass is 35.5. The third kappa shape index (κ3) is 4.23. The number of imidazole rings is 1. The fourth-order valence-corrected chi connectivity index (χ4v) is 2.99. The summed E-state index contributed by atoms with van der Waals surface area (Å²) < 4.78 is 2.97. The zero-order valence-corrected chi connectivity index (χ0v) is 16.1. The molecule has 1 aromatic carbocycles. The molecule has 0 aliphatic rings. The second-order valence-corrected chi connectivity index (χ2v) is 6.54. The van der Waals surface area contributed by atoms with Crippen molar-refractivity contribution >= 4 is 17.3 Å². The molecule has 2 heterocycles. The molecule has 3 rings (SSSR count). The van der Waals surface area contributed by atoms with Crippen molar-refractivity contribution in [3.05, 3.63) is 74.4 Å². The minimum absolute atomic E-state index is 0.000296. The van der Waals surface area contributed by atoms with Crippen molar-refractivity contribution in [2.75, 3.05) is 6.54 Å². The van der Waals surface area contributed by atoms with Crippen LogP contribution in [0.2, 0.25) is 5.02 Å². The molecular weight excluding hydrogens is 382 g/mol. The highest BCUT2D eigenvalue weighted by Crippen LogP contribution is 2.19. The van der Waals surface area contributed by atoms with Crippen molar-refractivity contribution in [3.8, 4) is 11.6 Å². The molecule has 0 spiro atoms. The lowest BCUT2D eigenvalue weighted by Crippen LogP contribution is -2.33. The lowest BCUT2D eigenvalue weighted by atomic mass is 10.1. The fourth-order valence-electron chi connectivity index (χ4n) is 2.87. The predicted octanol–water partition coefficient (Wildman–Crippen LogP) is 2.37. The molecule has 9 heteroatoms. The number of aliphatic imine (C=N–C) groups is 1. The zero-order valence-electron chi connectivity index (χ0n) is 15.3. The molecular formula is C19H20ClN5O3. The molecule has 0 aliphatic heterocycles. The first-order valence-electron chi connectivity index (χ1n) is 8.85. The van der Waals surface area contributed by atoms with E-state index in [0.717, 1.165) is 17.5 Å². The quantitative estimate of drug-likeness (QED) is 0.468. The number of aromatic hydroxyl groups is 1. The minimum atomic E-state index is -0.732. The van der Waals surface area contributed by atoms with Gasteiger partial charge in [-0.05, 0) is 37.1 Å². The lowest BCUT2D eigenvalue weighted by molar-refractivity contribution is 0.429. The standard InChI is InChI=1S/C19H20ClN5O3/c1-2-15(22-8-3-10-24-11-9-21-12-24)16-17(26)23-19(28)25(18(16)27)14-6-4-13(20)5-7-14/h4-7,9,11-12,27H,2-3,8,10H2,1H3,(H,23,26,28). The summed E-state index contributed by atoms with van der Waals surface area (Å²) in [6.07, 6.45) is 6.47. The van der Waals surface area contributed by atoms with Crippen molar-refractivity contribution in [1.29, 1.82) is 0 Å². The Morgan fingerprint density at radius 1 is 1.29 bits per heavy atom. The fraction of sp³-hybridized carbons (Fsp3) is 0.263. The number of rotatable bonds is 7. The largest absolute Gasteiger partial charge is 0.493 e. The van der Waals surface area contributed by atoms with Crippen LogP contribution in [0.15, 0.2) is 57.6 Å². The molecule has 0 bridgehead atoms. The molecule has 0 aliphatic carbocycles. The number of aromatic amines is 1. The van der Waals surface area contributed by atoms with Gasteiger partial charge in [-0.1, -0.05) is 18.5 Å². The maximum absolute atomic E-state index is 12.4. The number of halogens is 1. The molecule has 2 N–H and O–H groups in total. The maximum atomic E-state index is 12.4. The van der Waals surface area contributed by atoms with Gasteiger partial charge in [-0.2, -0.15) is 0 Å². The van der Waals surface area contributed by atoms with E-state index < -0.39 is 17.1 Å². The van der Waals surface area contributed by atoms with E-state index in [2.05, 4.69) is 15.0 Å². The Morgan fingerprint density at radius 3 is 2.68 bits per heavy atom. The summed E-state index contributed by atoms with van der Waals surface area (Å²) >= 11 is 5.88. The van der Waals surface area contributed by atoms with Gasteiger partial charge >= 0.3 is 5.69 Å². The molecule has 0 fully saturated rings. The number of hydrogen-bond donors (Lipinski definition) is 2. The first-order valence-corrected chi connectivity index (χ1v) is 9.22. The average molecular weight is 402 g/mol. The normalized spacial score (nSPS) is 11.7. The maximum Gasteiger partial charge on any atom is 0.335 e. The Balaban J connectivity index is 1.93. The summed E-state index contributed by atoms with van der Waals surface area (Å²) in [5.74, 6) is -0.439. The second kappa shape index (κ2) is 8.71. The van der Waals surface area contributed by atoms with Gasteiger partial charge in [-0.15, -0.1) is 0 Å². The van der Waals surface area contributed by atoms with E-state index in [1.807, 2.05) is 17.7 Å². The van der Waals surface area contributed by atoms with Crippen LogP contribution in [-0.2, 0) is 6.54 Å². The Morgan fingerprint density at radius 2 is 2.04 bits per heavy atom. The minimum Gasteiger partial charge on any atom is -0.493 e. The number of aromatic nitrogens is 4. The summed E-state index contributed by atoms with van der Waals surface area (Å²) in [4.78, 5) is 35.4. The van der Waals surface area contributed by atoms with Gasteiger partial charge in [0.15, 0.2) is 0 Å². The number of nitrogens with zero attached hydrogens (tertiary/aromatic N) is 4. The molecule has 0 unspecified atom stereocenters. The highest BCUT2D eigenvalue weighted by molar-refractivity contribution is 6.30. The smallest absolute Gasteiger partial charge is 0.335 e. The summed E-state index contributed by atoms with van der Waals surface area (Å²) in [6, 6.07) is 6.36. The first kappa shape index (κ1) is 19.6. The van der Waals surface area contributed by atoms with Gasteiger partial charge in [0.1, 0.15) is 5.56 Å². The van der Waals surface area contributed by atoms with Crippen LogP contribution in [-0.4, -0.2) is 36.5 Å². The number of aryl methyl sites for hydroxylation is 1. The number of hydrogen-bond acceptors (Lipinski definition) is 5. The Bertz CT molecular complexity index is 1080. The second-order valence-electron chi connectivity index (χ2n) is 6.11. The molecule has 2 aromatic heterocycles. The van der Waals surface area contributed by atoms with E-state index in [0.29, 0.717) is 29.4 Å². The van der Waals surface area contributed by atoms with Crippen LogP contribution < -0.4 is 11.2 Å². The van der Waals surface area contributed by atoms with Crippen LogP contribution >= 0.6 is 11.6 Å². The van der Waals surface area contributed by atoms with Crippen LogP contribution in [0.4, 0.5) is 0 Å². The molecule has 0 atom stereocenters. The molecule has 0 amide bonds. The van der Waals surface area contributed by atoms with E-state index in [1.165, 1.54) is 0 Å². The summed E-state index contributed by atoms with van der Waals surface area (Å²) in [5, 5.41) is 11.2. The van der Waals surface area contributed by atoms with Crippen molar-refractivity contribution in [3.63, 3.8) is 0 Å². The molecule has 8 nitrogen and oxygen atoms in total. The van der Waals surface area contributed by atoms with E-state index in [9.17, 15) is 14.7 Å². The Labute approximate surface area is 165 Å². The third-order valence-corrected chi connectivity index (χ3v) is 4.48. The first-order chi connectivity index (χ1) is 13.5. The Kier molecular flexibility index (Phi) is 6.10. The van der Waals surface area contributed by atoms with Gasteiger partial charge in [-0.3, -0.25) is 14.8 Å². The third-order valence-electron chi connectivity index (χ3n) is 4.23. The number of nitrogens with one attached hydrogen (secondary N) is 1. The summed E-state index contributed by atoms with van der Waals surface area (Å²) in [5.41, 5.74) is -0.571. The summed E-state index contributed by atoms with van der Waals surface area (Å²) in [7, 11) is 0. The molecule has 146 valence electrons. The molecule has 0 saturated carbocycles. The highest BCUT2D eigenvalue weighted by Gasteiger charge is 2.19. The zero-order chi connectivity index (χ0) is 20.1. The van der Waals surface area contributed by atoms with Crippen molar-refractivity contribution < 1.29 is 5.11 Å². The van der Waals surface area contributed by atoms with Crippen LogP contribution in [0.5, 0.6) is 5.88 Å². The predicted molar refractivity (Wildman–Crippen MR) is 108 cm³/mol. The van der Waals surface area contributed by atoms with Crippen molar-refractivity contribution in [2.24, 2.45) is 4.99 Å². The summed E-state index contributed by atoms with van der Waals surface area (Å²) in [6.45, 7) is 3.05. The van der Waals surface area contributed by atoms with Gasteiger partial charge in [0.2, 0.25) is 5.88 Å². The topological polar surface area (TPSA) is 105 Å². The average Bonchev–Trinajstić information content (AvgIpc) is 3.18. The van der Waals surface area contributed by atoms with E-state index in [-0.39, 0.29) is 5.56 Å². The SMILES string of the molecule is CCC(=NCCCn1ccnc1)c1c(O)n(-c2ccc(Cl)cc2)c(=O)[nH]c1=O. The monoisotopic (exact) mass is 401 g/mol. The molecule has 0 radical (unpaired) electrons. The van der Waals surface area contributed by atoms with Gasteiger partial charge < -0.3 is 9.67 Å². The van der Waals surface area contributed by atoms with Gasteiger partial charge in [0, 0.05) is 30.5 Å². The molecule has 28 heavy (non-hydrogen) atoms. The van der Waals surface area contributed by atoms with Crippen molar-refractivity contribution in [1.82, 2.24) is 19.1 Å². The van der Waals surface area contributed by atoms with E-state index in [1.54, 1.807) is 36.8 Å². The lowest BCUT2D eigenvalue weighted by Gasteiger charge is -2.12. The van der Waals surface area contributed by atoms with Gasteiger partial charge in [-0.25, -0.2) is 14.3 Å². The molecule has 3 aromatic rings. The van der Waals surface area contributed by atoms with Gasteiger partial charge in [0.25, 0.3) is 5.56 Å². The molecule has 0 saturated heterocycles. The van der Waals surface area contributed by atoms with Crippen LogP contribution in [0, 0.1) is 0 Å².